The maximum absolute atomic E-state index is 5.70. The molecular formula is C7H14N6. The van der Waals surface area contributed by atoms with Crippen LogP contribution in [0, 0.1) is 0 Å². The fourth-order valence-electron chi connectivity index (χ4n) is 1.09. The van der Waals surface area contributed by atoms with Gasteiger partial charge in [-0.25, -0.2) is 0 Å². The van der Waals surface area contributed by atoms with Crippen molar-refractivity contribution < 1.29 is 0 Å². The molecule has 0 saturated carbocycles. The van der Waals surface area contributed by atoms with Gasteiger partial charge in [-0.05, 0) is 19.1 Å². The first-order valence-corrected chi connectivity index (χ1v) is 4.19. The number of nitrogen functional groups attached to an aromatic ring is 2. The van der Waals surface area contributed by atoms with Crippen molar-refractivity contribution in [3.63, 3.8) is 0 Å². The predicted octanol–water partition coefficient (Wildman–Crippen LogP) is -0.118. The molecule has 1 aromatic heterocycles. The number of aromatic nitrogens is 3. The van der Waals surface area contributed by atoms with Crippen LogP contribution in [0.2, 0.25) is 0 Å². The molecule has 0 atom stereocenters. The van der Waals surface area contributed by atoms with E-state index in [0.717, 1.165) is 13.1 Å². The van der Waals surface area contributed by atoms with Gasteiger partial charge in [-0.3, -0.25) is 0 Å². The van der Waals surface area contributed by atoms with Crippen LogP contribution >= 0.6 is 0 Å². The van der Waals surface area contributed by atoms with Gasteiger partial charge in [0.1, 0.15) is 5.69 Å². The molecule has 0 saturated heterocycles. The summed E-state index contributed by atoms with van der Waals surface area (Å²) >= 11 is 0. The quantitative estimate of drug-likeness (QED) is 0.677. The molecule has 13 heavy (non-hydrogen) atoms. The number of hydrogen-bond acceptors (Lipinski definition) is 6. The van der Waals surface area contributed by atoms with Gasteiger partial charge in [-0.1, -0.05) is 0 Å². The van der Waals surface area contributed by atoms with E-state index < -0.39 is 0 Å². The lowest BCUT2D eigenvalue weighted by atomic mass is 10.4. The summed E-state index contributed by atoms with van der Waals surface area (Å²) in [6.45, 7) is 5.67. The minimum atomic E-state index is 0.233. The van der Waals surface area contributed by atoms with Crippen molar-refractivity contribution >= 4 is 17.3 Å². The summed E-state index contributed by atoms with van der Waals surface area (Å²) in [5.41, 5.74) is 11.6. The Bertz CT molecular complexity index is 282. The van der Waals surface area contributed by atoms with Crippen LogP contribution in [-0.4, -0.2) is 28.5 Å². The van der Waals surface area contributed by atoms with Crippen LogP contribution in [0.1, 0.15) is 13.8 Å². The van der Waals surface area contributed by atoms with E-state index in [1.807, 2.05) is 18.7 Å². The SMILES string of the molecule is CCN(CC)c1nnnc(N)c1N. The van der Waals surface area contributed by atoms with Gasteiger partial charge >= 0.3 is 0 Å². The number of anilines is 3. The van der Waals surface area contributed by atoms with Crippen molar-refractivity contribution in [2.24, 2.45) is 0 Å². The largest absolute Gasteiger partial charge is 0.393 e. The molecule has 6 heteroatoms. The summed E-state index contributed by atoms with van der Waals surface area (Å²) in [6, 6.07) is 0. The number of rotatable bonds is 3. The van der Waals surface area contributed by atoms with Crippen LogP contribution in [0.5, 0.6) is 0 Å². The van der Waals surface area contributed by atoms with E-state index in [2.05, 4.69) is 15.4 Å². The van der Waals surface area contributed by atoms with Gasteiger partial charge in [0.2, 0.25) is 0 Å². The third kappa shape index (κ3) is 1.77. The molecule has 4 N–H and O–H groups in total. The molecule has 0 fully saturated rings. The average Bonchev–Trinajstić information content (AvgIpc) is 2.14. The highest BCUT2D eigenvalue weighted by atomic mass is 15.4. The van der Waals surface area contributed by atoms with Crippen molar-refractivity contribution in [1.82, 2.24) is 15.4 Å². The fraction of sp³-hybridized carbons (Fsp3) is 0.571. The first-order chi connectivity index (χ1) is 6.20. The minimum absolute atomic E-state index is 0.233. The van der Waals surface area contributed by atoms with Crippen molar-refractivity contribution in [2.75, 3.05) is 29.5 Å². The third-order valence-corrected chi connectivity index (χ3v) is 1.87. The summed E-state index contributed by atoms with van der Waals surface area (Å²) in [6.07, 6.45) is 0. The van der Waals surface area contributed by atoms with Gasteiger partial charge in [-0.2, -0.15) is 0 Å². The van der Waals surface area contributed by atoms with E-state index in [1.54, 1.807) is 0 Å². The molecule has 1 rings (SSSR count). The van der Waals surface area contributed by atoms with Crippen molar-refractivity contribution in [3.8, 4) is 0 Å². The maximum Gasteiger partial charge on any atom is 0.180 e. The molecule has 0 bridgehead atoms. The Hall–Kier alpha value is -1.59. The Morgan fingerprint density at radius 1 is 1.15 bits per heavy atom. The van der Waals surface area contributed by atoms with Crippen LogP contribution in [-0.2, 0) is 0 Å². The lowest BCUT2D eigenvalue weighted by molar-refractivity contribution is 0.794. The molecule has 6 nitrogen and oxygen atoms in total. The molecule has 0 amide bonds. The van der Waals surface area contributed by atoms with Gasteiger partial charge in [0.25, 0.3) is 0 Å². The number of nitrogens with zero attached hydrogens (tertiary/aromatic N) is 4. The Balaban J connectivity index is 3.05. The summed E-state index contributed by atoms with van der Waals surface area (Å²) in [5.74, 6) is 0.842. The van der Waals surface area contributed by atoms with Crippen molar-refractivity contribution in [2.45, 2.75) is 13.8 Å². The zero-order valence-corrected chi connectivity index (χ0v) is 7.86. The molecule has 0 aliphatic rings. The highest BCUT2D eigenvalue weighted by molar-refractivity contribution is 5.72. The van der Waals surface area contributed by atoms with Crippen LogP contribution in [0.4, 0.5) is 17.3 Å². The highest BCUT2D eigenvalue weighted by Crippen LogP contribution is 2.21. The van der Waals surface area contributed by atoms with E-state index in [4.69, 9.17) is 11.5 Å². The second-order valence-electron chi connectivity index (χ2n) is 2.58. The normalized spacial score (nSPS) is 10.0. The van der Waals surface area contributed by atoms with E-state index in [-0.39, 0.29) is 5.82 Å². The fourth-order valence-corrected chi connectivity index (χ4v) is 1.09. The van der Waals surface area contributed by atoms with Gasteiger partial charge < -0.3 is 16.4 Å². The van der Waals surface area contributed by atoms with E-state index in [0.29, 0.717) is 11.5 Å². The molecule has 0 aliphatic carbocycles. The molecule has 1 aromatic rings. The Labute approximate surface area is 76.9 Å². The summed E-state index contributed by atoms with van der Waals surface area (Å²) < 4.78 is 0. The molecule has 0 unspecified atom stereocenters. The van der Waals surface area contributed by atoms with Crippen LogP contribution < -0.4 is 16.4 Å². The maximum atomic E-state index is 5.70. The lowest BCUT2D eigenvalue weighted by Gasteiger charge is -2.20. The van der Waals surface area contributed by atoms with Gasteiger partial charge in [0.05, 0.1) is 0 Å². The molecule has 0 radical (unpaired) electrons. The van der Waals surface area contributed by atoms with Crippen LogP contribution in [0.25, 0.3) is 0 Å². The predicted molar refractivity (Wildman–Crippen MR) is 52.2 cm³/mol. The average molecular weight is 182 g/mol. The number of hydrogen-bond donors (Lipinski definition) is 2. The smallest absolute Gasteiger partial charge is 0.180 e. The Kier molecular flexibility index (Phi) is 2.84. The van der Waals surface area contributed by atoms with Gasteiger partial charge in [-0.15, -0.1) is 10.2 Å². The zero-order valence-electron chi connectivity index (χ0n) is 7.86. The van der Waals surface area contributed by atoms with Crippen molar-refractivity contribution in [1.29, 1.82) is 0 Å². The summed E-state index contributed by atoms with van der Waals surface area (Å²) in [7, 11) is 0. The van der Waals surface area contributed by atoms with E-state index in [9.17, 15) is 0 Å². The van der Waals surface area contributed by atoms with Gasteiger partial charge in [0, 0.05) is 13.1 Å². The molecule has 0 aliphatic heterocycles. The second kappa shape index (κ2) is 3.88. The molecule has 1 heterocycles. The summed E-state index contributed by atoms with van der Waals surface area (Å²) in [4.78, 5) is 1.97. The monoisotopic (exact) mass is 182 g/mol. The van der Waals surface area contributed by atoms with E-state index in [1.165, 1.54) is 0 Å². The zero-order chi connectivity index (χ0) is 9.84. The number of nitrogens with two attached hydrogens (primary N) is 2. The Morgan fingerprint density at radius 3 is 2.31 bits per heavy atom. The van der Waals surface area contributed by atoms with Crippen LogP contribution in [0.3, 0.4) is 0 Å². The molecule has 0 aromatic carbocycles. The van der Waals surface area contributed by atoms with Crippen LogP contribution in [0.15, 0.2) is 0 Å². The third-order valence-electron chi connectivity index (χ3n) is 1.87. The van der Waals surface area contributed by atoms with Crippen molar-refractivity contribution in [3.05, 3.63) is 0 Å². The van der Waals surface area contributed by atoms with Gasteiger partial charge in [0.15, 0.2) is 11.6 Å². The molecular weight excluding hydrogens is 168 g/mol. The standard InChI is InChI=1S/C7H14N6/c1-3-13(4-2)7-5(8)6(9)10-12-11-7/h3-4H2,1-2H3,(H2,8,12)(H2,9,10,11). The highest BCUT2D eigenvalue weighted by Gasteiger charge is 2.11. The first-order valence-electron chi connectivity index (χ1n) is 4.19. The minimum Gasteiger partial charge on any atom is -0.393 e. The lowest BCUT2D eigenvalue weighted by Crippen LogP contribution is -2.25. The first kappa shape index (κ1) is 9.50. The Morgan fingerprint density at radius 2 is 1.77 bits per heavy atom. The topological polar surface area (TPSA) is 94.0 Å². The molecule has 0 spiro atoms. The summed E-state index contributed by atoms with van der Waals surface area (Å²) in [5, 5.41) is 10.9. The second-order valence-corrected chi connectivity index (χ2v) is 2.58. The molecule has 72 valence electrons. The van der Waals surface area contributed by atoms with E-state index >= 15 is 0 Å².